The quantitative estimate of drug-likeness (QED) is 0.690. The first-order valence-corrected chi connectivity index (χ1v) is 5.04. The Balaban J connectivity index is 2.03. The van der Waals surface area contributed by atoms with Crippen LogP contribution in [-0.4, -0.2) is 16.3 Å². The van der Waals surface area contributed by atoms with Crippen LogP contribution in [0.1, 0.15) is 38.1 Å². The molecule has 0 radical (unpaired) electrons. The Morgan fingerprint density at radius 3 is 2.93 bits per heavy atom. The van der Waals surface area contributed by atoms with Crippen LogP contribution in [0.4, 0.5) is 0 Å². The smallest absolute Gasteiger partial charge is 0.298 e. The average Bonchev–Trinajstić information content (AvgIpc) is 2.68. The number of rotatable bonds is 3. The third-order valence-corrected chi connectivity index (χ3v) is 2.71. The van der Waals surface area contributed by atoms with Gasteiger partial charge < -0.3 is 4.74 Å². The van der Waals surface area contributed by atoms with Gasteiger partial charge in [-0.15, -0.1) is 0 Å². The standard InChI is InChI=1S/C10H14N2O2/c13-8-14-10-6-11-12(7-10)9-4-2-1-3-5-9/h6-9H,1-5H2. The largest absolute Gasteiger partial charge is 0.425 e. The minimum absolute atomic E-state index is 0.433. The number of hydrogen-bond acceptors (Lipinski definition) is 3. The van der Waals surface area contributed by atoms with Gasteiger partial charge in [0.25, 0.3) is 6.47 Å². The van der Waals surface area contributed by atoms with E-state index in [1.54, 1.807) is 12.4 Å². The van der Waals surface area contributed by atoms with Gasteiger partial charge in [-0.3, -0.25) is 9.48 Å². The molecule has 1 saturated carbocycles. The lowest BCUT2D eigenvalue weighted by Crippen LogP contribution is -2.12. The van der Waals surface area contributed by atoms with Crippen LogP contribution in [0.3, 0.4) is 0 Å². The minimum atomic E-state index is 0.433. The highest BCUT2D eigenvalue weighted by molar-refractivity contribution is 5.43. The Kier molecular flexibility index (Phi) is 2.81. The van der Waals surface area contributed by atoms with E-state index in [-0.39, 0.29) is 0 Å². The second-order valence-corrected chi connectivity index (χ2v) is 3.66. The first-order chi connectivity index (χ1) is 6.90. The van der Waals surface area contributed by atoms with Gasteiger partial charge in [0.05, 0.1) is 18.4 Å². The Morgan fingerprint density at radius 2 is 2.21 bits per heavy atom. The van der Waals surface area contributed by atoms with E-state index in [0.29, 0.717) is 18.3 Å². The van der Waals surface area contributed by atoms with Crippen LogP contribution in [0, 0.1) is 0 Å². The second-order valence-electron chi connectivity index (χ2n) is 3.66. The molecule has 0 unspecified atom stereocenters. The van der Waals surface area contributed by atoms with Crippen LogP contribution in [-0.2, 0) is 4.79 Å². The first-order valence-electron chi connectivity index (χ1n) is 5.04. The summed E-state index contributed by atoms with van der Waals surface area (Å²) in [6.07, 6.45) is 9.62. The molecule has 1 heterocycles. The zero-order valence-corrected chi connectivity index (χ0v) is 8.06. The molecule has 1 fully saturated rings. The van der Waals surface area contributed by atoms with Gasteiger partial charge in [-0.1, -0.05) is 19.3 Å². The molecule has 4 nitrogen and oxygen atoms in total. The van der Waals surface area contributed by atoms with Gasteiger partial charge >= 0.3 is 0 Å². The van der Waals surface area contributed by atoms with Crippen LogP contribution in [0.5, 0.6) is 5.75 Å². The van der Waals surface area contributed by atoms with E-state index in [1.807, 2.05) is 4.68 Å². The van der Waals surface area contributed by atoms with Crippen molar-refractivity contribution in [2.45, 2.75) is 38.1 Å². The van der Waals surface area contributed by atoms with Crippen LogP contribution in [0.15, 0.2) is 12.4 Å². The molecule has 0 bridgehead atoms. The summed E-state index contributed by atoms with van der Waals surface area (Å²) in [4.78, 5) is 10.1. The molecule has 0 aliphatic heterocycles. The fourth-order valence-corrected chi connectivity index (χ4v) is 1.98. The van der Waals surface area contributed by atoms with Crippen molar-refractivity contribution in [1.29, 1.82) is 0 Å². The highest BCUT2D eigenvalue weighted by Crippen LogP contribution is 2.28. The van der Waals surface area contributed by atoms with Gasteiger partial charge in [-0.05, 0) is 12.8 Å². The molecule has 1 aromatic rings. The molecular formula is C10H14N2O2. The number of hydrogen-bond donors (Lipinski definition) is 0. The summed E-state index contributed by atoms with van der Waals surface area (Å²) in [7, 11) is 0. The predicted octanol–water partition coefficient (Wildman–Crippen LogP) is 1.92. The van der Waals surface area contributed by atoms with E-state index in [9.17, 15) is 4.79 Å². The molecule has 76 valence electrons. The third-order valence-electron chi connectivity index (χ3n) is 2.71. The van der Waals surface area contributed by atoms with Crippen molar-refractivity contribution in [2.75, 3.05) is 0 Å². The second kappa shape index (κ2) is 4.26. The highest BCUT2D eigenvalue weighted by atomic mass is 16.5. The fourth-order valence-electron chi connectivity index (χ4n) is 1.98. The van der Waals surface area contributed by atoms with Crippen molar-refractivity contribution >= 4 is 6.47 Å². The third kappa shape index (κ3) is 1.95. The monoisotopic (exact) mass is 194 g/mol. The normalized spacial score (nSPS) is 18.0. The number of ether oxygens (including phenoxy) is 1. The van der Waals surface area contributed by atoms with Crippen LogP contribution in [0.2, 0.25) is 0 Å². The van der Waals surface area contributed by atoms with E-state index >= 15 is 0 Å². The zero-order chi connectivity index (χ0) is 9.80. The summed E-state index contributed by atoms with van der Waals surface area (Å²) in [5.41, 5.74) is 0. The van der Waals surface area contributed by atoms with E-state index in [1.165, 1.54) is 32.1 Å². The number of carbonyl (C=O) groups excluding carboxylic acids is 1. The van der Waals surface area contributed by atoms with Crippen LogP contribution in [0.25, 0.3) is 0 Å². The SMILES string of the molecule is O=COc1cnn(C2CCCCC2)c1. The van der Waals surface area contributed by atoms with Crippen molar-refractivity contribution in [3.05, 3.63) is 12.4 Å². The summed E-state index contributed by atoms with van der Waals surface area (Å²) in [5, 5.41) is 4.19. The summed E-state index contributed by atoms with van der Waals surface area (Å²) < 4.78 is 6.63. The van der Waals surface area contributed by atoms with Crippen molar-refractivity contribution < 1.29 is 9.53 Å². The maximum absolute atomic E-state index is 10.1. The van der Waals surface area contributed by atoms with E-state index in [2.05, 4.69) is 5.10 Å². The van der Waals surface area contributed by atoms with Crippen molar-refractivity contribution in [1.82, 2.24) is 9.78 Å². The molecule has 1 aromatic heterocycles. The topological polar surface area (TPSA) is 44.1 Å². The van der Waals surface area contributed by atoms with Gasteiger partial charge in [0.2, 0.25) is 0 Å². The fraction of sp³-hybridized carbons (Fsp3) is 0.600. The molecule has 0 N–H and O–H groups in total. The molecule has 1 aliphatic rings. The zero-order valence-electron chi connectivity index (χ0n) is 8.06. The van der Waals surface area contributed by atoms with Crippen LogP contribution < -0.4 is 4.74 Å². The molecule has 1 aliphatic carbocycles. The van der Waals surface area contributed by atoms with Gasteiger partial charge in [-0.25, -0.2) is 0 Å². The molecule has 0 spiro atoms. The van der Waals surface area contributed by atoms with Gasteiger partial charge in [0.15, 0.2) is 5.75 Å². The number of carbonyl (C=O) groups is 1. The Bertz CT molecular complexity index is 303. The molecule has 0 amide bonds. The molecule has 0 aromatic carbocycles. The molecule has 4 heteroatoms. The minimum Gasteiger partial charge on any atom is -0.425 e. The summed E-state index contributed by atoms with van der Waals surface area (Å²) in [6, 6.07) is 0.493. The lowest BCUT2D eigenvalue weighted by molar-refractivity contribution is -0.120. The number of nitrogens with zero attached hydrogens (tertiary/aromatic N) is 2. The van der Waals surface area contributed by atoms with Gasteiger partial charge in [0, 0.05) is 0 Å². The van der Waals surface area contributed by atoms with Crippen molar-refractivity contribution in [3.63, 3.8) is 0 Å². The summed E-state index contributed by atoms with van der Waals surface area (Å²) in [5.74, 6) is 0.533. The number of aromatic nitrogens is 2. The molecule has 0 atom stereocenters. The molecule has 0 saturated heterocycles. The maximum atomic E-state index is 10.1. The highest BCUT2D eigenvalue weighted by Gasteiger charge is 2.15. The van der Waals surface area contributed by atoms with E-state index < -0.39 is 0 Å². The predicted molar refractivity (Wildman–Crippen MR) is 51.0 cm³/mol. The van der Waals surface area contributed by atoms with Crippen molar-refractivity contribution in [2.24, 2.45) is 0 Å². The van der Waals surface area contributed by atoms with Crippen molar-refractivity contribution in [3.8, 4) is 5.75 Å². The van der Waals surface area contributed by atoms with Gasteiger partial charge in [0.1, 0.15) is 0 Å². The van der Waals surface area contributed by atoms with Gasteiger partial charge in [-0.2, -0.15) is 5.10 Å². The molecular weight excluding hydrogens is 180 g/mol. The first kappa shape index (κ1) is 9.24. The molecule has 2 rings (SSSR count). The maximum Gasteiger partial charge on any atom is 0.298 e. The lowest BCUT2D eigenvalue weighted by atomic mass is 9.96. The summed E-state index contributed by atoms with van der Waals surface area (Å²) in [6.45, 7) is 0.433. The van der Waals surface area contributed by atoms with E-state index in [4.69, 9.17) is 4.74 Å². The van der Waals surface area contributed by atoms with E-state index in [0.717, 1.165) is 0 Å². The molecule has 14 heavy (non-hydrogen) atoms. The average molecular weight is 194 g/mol. The Morgan fingerprint density at radius 1 is 1.43 bits per heavy atom. The lowest BCUT2D eigenvalue weighted by Gasteiger charge is -2.21. The Labute approximate surface area is 82.9 Å². The Hall–Kier alpha value is -1.32. The summed E-state index contributed by atoms with van der Waals surface area (Å²) >= 11 is 0. The van der Waals surface area contributed by atoms with Crippen LogP contribution >= 0.6 is 0 Å².